The first-order valence-corrected chi connectivity index (χ1v) is 7.89. The number of halogens is 1. The number of rotatable bonds is 3. The highest BCUT2D eigenvalue weighted by atomic mass is 19.1. The summed E-state index contributed by atoms with van der Waals surface area (Å²) in [5.74, 6) is -0.0573. The SMILES string of the molecule is O=C(CCc1cccc(F)c1)N1CCOC2CCCCC21. The lowest BCUT2D eigenvalue weighted by molar-refractivity contribution is -0.149. The minimum absolute atomic E-state index is 0.180. The molecule has 1 saturated carbocycles. The lowest BCUT2D eigenvalue weighted by Gasteiger charge is -2.43. The lowest BCUT2D eigenvalue weighted by atomic mass is 9.90. The molecule has 2 aliphatic rings. The molecule has 4 heteroatoms. The van der Waals surface area contributed by atoms with Gasteiger partial charge in [0.05, 0.1) is 18.8 Å². The minimum Gasteiger partial charge on any atom is -0.374 e. The van der Waals surface area contributed by atoms with Crippen molar-refractivity contribution in [2.75, 3.05) is 13.2 Å². The molecule has 1 aliphatic heterocycles. The third-order valence-electron chi connectivity index (χ3n) is 4.57. The molecule has 1 heterocycles. The summed E-state index contributed by atoms with van der Waals surface area (Å²) in [5, 5.41) is 0. The van der Waals surface area contributed by atoms with Gasteiger partial charge in [-0.05, 0) is 37.0 Å². The Morgan fingerprint density at radius 1 is 1.33 bits per heavy atom. The number of carbonyl (C=O) groups is 1. The third-order valence-corrected chi connectivity index (χ3v) is 4.57. The number of nitrogens with zero attached hydrogens (tertiary/aromatic N) is 1. The fourth-order valence-electron chi connectivity index (χ4n) is 3.49. The van der Waals surface area contributed by atoms with Crippen LogP contribution in [0.25, 0.3) is 0 Å². The van der Waals surface area contributed by atoms with Crippen LogP contribution in [0.3, 0.4) is 0 Å². The van der Waals surface area contributed by atoms with Crippen molar-refractivity contribution in [2.45, 2.75) is 50.7 Å². The molecule has 0 radical (unpaired) electrons. The van der Waals surface area contributed by atoms with Gasteiger partial charge in [-0.1, -0.05) is 25.0 Å². The summed E-state index contributed by atoms with van der Waals surface area (Å²) in [5.41, 5.74) is 0.886. The fraction of sp³-hybridized carbons (Fsp3) is 0.588. The molecule has 2 fully saturated rings. The smallest absolute Gasteiger partial charge is 0.223 e. The Hall–Kier alpha value is -1.42. The summed E-state index contributed by atoms with van der Waals surface area (Å²) in [4.78, 5) is 14.5. The summed E-state index contributed by atoms with van der Waals surface area (Å²) in [6.45, 7) is 1.34. The molecule has 0 bridgehead atoms. The molecule has 0 aromatic heterocycles. The molecule has 3 rings (SSSR count). The first-order valence-electron chi connectivity index (χ1n) is 7.89. The first kappa shape index (κ1) is 14.5. The van der Waals surface area contributed by atoms with Gasteiger partial charge >= 0.3 is 0 Å². The maximum atomic E-state index is 13.2. The largest absolute Gasteiger partial charge is 0.374 e. The van der Waals surface area contributed by atoms with E-state index in [0.29, 0.717) is 26.0 Å². The molecule has 2 atom stereocenters. The van der Waals surface area contributed by atoms with Crippen LogP contribution in [-0.2, 0) is 16.0 Å². The van der Waals surface area contributed by atoms with E-state index >= 15 is 0 Å². The van der Waals surface area contributed by atoms with Crippen LogP contribution >= 0.6 is 0 Å². The van der Waals surface area contributed by atoms with Crippen molar-refractivity contribution < 1.29 is 13.9 Å². The lowest BCUT2D eigenvalue weighted by Crippen LogP contribution is -2.54. The number of hydrogen-bond donors (Lipinski definition) is 0. The van der Waals surface area contributed by atoms with E-state index in [4.69, 9.17) is 4.74 Å². The number of hydrogen-bond acceptors (Lipinski definition) is 2. The quantitative estimate of drug-likeness (QED) is 0.857. The van der Waals surface area contributed by atoms with Gasteiger partial charge < -0.3 is 9.64 Å². The topological polar surface area (TPSA) is 29.5 Å². The van der Waals surface area contributed by atoms with Crippen molar-refractivity contribution in [1.29, 1.82) is 0 Å². The van der Waals surface area contributed by atoms with Crippen LogP contribution in [0.2, 0.25) is 0 Å². The van der Waals surface area contributed by atoms with Gasteiger partial charge in [-0.2, -0.15) is 0 Å². The van der Waals surface area contributed by atoms with Crippen LogP contribution in [0.5, 0.6) is 0 Å². The van der Waals surface area contributed by atoms with E-state index in [2.05, 4.69) is 0 Å². The number of carbonyl (C=O) groups excluding carboxylic acids is 1. The molecule has 1 amide bonds. The molecular weight excluding hydrogens is 269 g/mol. The zero-order valence-corrected chi connectivity index (χ0v) is 12.3. The number of benzene rings is 1. The standard InChI is InChI=1S/C17H22FNO2/c18-14-5-3-4-13(12-14)8-9-17(20)19-10-11-21-16-7-2-1-6-15(16)19/h3-5,12,15-16H,1-2,6-11H2. The number of aryl methyl sites for hydroxylation is 1. The number of amides is 1. The molecule has 1 aromatic carbocycles. The van der Waals surface area contributed by atoms with Crippen molar-refractivity contribution in [3.63, 3.8) is 0 Å². The van der Waals surface area contributed by atoms with Gasteiger partial charge in [0, 0.05) is 13.0 Å². The van der Waals surface area contributed by atoms with Gasteiger partial charge in [0.1, 0.15) is 5.82 Å². The molecule has 1 aromatic rings. The maximum absolute atomic E-state index is 13.2. The van der Waals surface area contributed by atoms with Gasteiger partial charge in [0.2, 0.25) is 5.91 Å². The molecular formula is C17H22FNO2. The Morgan fingerprint density at radius 3 is 3.05 bits per heavy atom. The van der Waals surface area contributed by atoms with Crippen LogP contribution in [0.1, 0.15) is 37.7 Å². The van der Waals surface area contributed by atoms with Crippen molar-refractivity contribution >= 4 is 5.91 Å². The molecule has 1 aliphatic carbocycles. The van der Waals surface area contributed by atoms with Crippen LogP contribution in [0, 0.1) is 5.82 Å². The number of fused-ring (bicyclic) bond motifs is 1. The monoisotopic (exact) mass is 291 g/mol. The molecule has 0 N–H and O–H groups in total. The Balaban J connectivity index is 1.59. The van der Waals surface area contributed by atoms with Crippen molar-refractivity contribution in [2.24, 2.45) is 0 Å². The number of morpholine rings is 1. The summed E-state index contributed by atoms with van der Waals surface area (Å²) in [6, 6.07) is 6.77. The van der Waals surface area contributed by atoms with E-state index in [9.17, 15) is 9.18 Å². The Kier molecular flexibility index (Phi) is 4.54. The second-order valence-corrected chi connectivity index (χ2v) is 5.98. The van der Waals surface area contributed by atoms with Gasteiger partial charge in [-0.3, -0.25) is 4.79 Å². The summed E-state index contributed by atoms with van der Waals surface area (Å²) < 4.78 is 19.0. The van der Waals surface area contributed by atoms with Crippen molar-refractivity contribution in [3.8, 4) is 0 Å². The molecule has 0 spiro atoms. The average molecular weight is 291 g/mol. The van der Waals surface area contributed by atoms with Crippen molar-refractivity contribution in [1.82, 2.24) is 4.90 Å². The van der Waals surface area contributed by atoms with E-state index in [1.54, 1.807) is 6.07 Å². The zero-order valence-electron chi connectivity index (χ0n) is 12.3. The van der Waals surface area contributed by atoms with Gasteiger partial charge in [-0.25, -0.2) is 4.39 Å². The fourth-order valence-corrected chi connectivity index (χ4v) is 3.49. The second-order valence-electron chi connectivity index (χ2n) is 5.98. The Morgan fingerprint density at radius 2 is 2.19 bits per heavy atom. The number of ether oxygens (including phenoxy) is 1. The van der Waals surface area contributed by atoms with Crippen molar-refractivity contribution in [3.05, 3.63) is 35.6 Å². The maximum Gasteiger partial charge on any atom is 0.223 e. The van der Waals surface area contributed by atoms with E-state index in [1.807, 2.05) is 11.0 Å². The highest BCUT2D eigenvalue weighted by Crippen LogP contribution is 2.29. The molecule has 3 nitrogen and oxygen atoms in total. The molecule has 114 valence electrons. The van der Waals surface area contributed by atoms with Crippen LogP contribution < -0.4 is 0 Å². The predicted molar refractivity (Wildman–Crippen MR) is 78.4 cm³/mol. The van der Waals surface area contributed by atoms with Crippen LogP contribution in [-0.4, -0.2) is 36.1 Å². The Labute approximate surface area is 125 Å². The third kappa shape index (κ3) is 3.43. The average Bonchev–Trinajstić information content (AvgIpc) is 2.52. The summed E-state index contributed by atoms with van der Waals surface area (Å²) in [7, 11) is 0. The predicted octanol–water partition coefficient (Wildman–Crippen LogP) is 2.93. The molecule has 21 heavy (non-hydrogen) atoms. The molecule has 2 unspecified atom stereocenters. The van der Waals surface area contributed by atoms with Crippen LogP contribution in [0.4, 0.5) is 4.39 Å². The van der Waals surface area contributed by atoms with E-state index in [1.165, 1.54) is 25.0 Å². The van der Waals surface area contributed by atoms with E-state index in [0.717, 1.165) is 18.4 Å². The second kappa shape index (κ2) is 6.56. The van der Waals surface area contributed by atoms with Gasteiger partial charge in [0.15, 0.2) is 0 Å². The van der Waals surface area contributed by atoms with E-state index in [-0.39, 0.29) is 23.9 Å². The highest BCUT2D eigenvalue weighted by molar-refractivity contribution is 5.77. The summed E-state index contributed by atoms with van der Waals surface area (Å²) >= 11 is 0. The molecule has 1 saturated heterocycles. The van der Waals surface area contributed by atoms with Gasteiger partial charge in [0.25, 0.3) is 0 Å². The summed E-state index contributed by atoms with van der Waals surface area (Å²) in [6.07, 6.45) is 5.78. The van der Waals surface area contributed by atoms with Gasteiger partial charge in [-0.15, -0.1) is 0 Å². The normalized spacial score (nSPS) is 25.5. The zero-order chi connectivity index (χ0) is 14.7. The Bertz CT molecular complexity index is 503. The van der Waals surface area contributed by atoms with Crippen LogP contribution in [0.15, 0.2) is 24.3 Å². The minimum atomic E-state index is -0.237. The van der Waals surface area contributed by atoms with E-state index < -0.39 is 0 Å². The first-order chi connectivity index (χ1) is 10.2. The highest BCUT2D eigenvalue weighted by Gasteiger charge is 2.36.